The zero-order valence-electron chi connectivity index (χ0n) is 23.8. The number of halogens is 1. The number of pyridine rings is 1. The Morgan fingerprint density at radius 2 is 1.66 bits per heavy atom. The monoisotopic (exact) mass is 606 g/mol. The summed E-state index contributed by atoms with van der Waals surface area (Å²) in [6, 6.07) is 26.1. The lowest BCUT2D eigenvalue weighted by atomic mass is 10.1. The molecular formula is C33H31ClN8O2. The molecule has 44 heavy (non-hydrogen) atoms. The first-order chi connectivity index (χ1) is 21.5. The summed E-state index contributed by atoms with van der Waals surface area (Å²) in [5.74, 6) is 0.215. The molecule has 0 saturated carbocycles. The number of hydrogen-bond acceptors (Lipinski definition) is 5. The maximum atomic E-state index is 13.8. The van der Waals surface area contributed by atoms with E-state index in [1.807, 2.05) is 78.9 Å². The second-order valence-corrected chi connectivity index (χ2v) is 10.7. The first kappa shape index (κ1) is 28.9. The molecule has 6 aromatic rings. The van der Waals surface area contributed by atoms with E-state index in [1.54, 1.807) is 6.07 Å². The summed E-state index contributed by atoms with van der Waals surface area (Å²) in [5.41, 5.74) is 10.7. The van der Waals surface area contributed by atoms with Crippen LogP contribution >= 0.6 is 11.6 Å². The van der Waals surface area contributed by atoms with Gasteiger partial charge in [0.1, 0.15) is 23.3 Å². The number of nitrogens with two attached hydrogens (primary N) is 1. The number of aromatic nitrogens is 4. The smallest absolute Gasteiger partial charge is 0.270 e. The second kappa shape index (κ2) is 13.0. The molecule has 0 unspecified atom stereocenters. The van der Waals surface area contributed by atoms with Gasteiger partial charge in [-0.1, -0.05) is 60.7 Å². The fourth-order valence-corrected chi connectivity index (χ4v) is 5.25. The van der Waals surface area contributed by atoms with Gasteiger partial charge in [0, 0.05) is 29.4 Å². The van der Waals surface area contributed by atoms with Crippen molar-refractivity contribution in [1.29, 1.82) is 0 Å². The number of amides is 2. The molecule has 222 valence electrons. The largest absolute Gasteiger partial charge is 0.386 e. The number of aliphatic imine (C=N–C) groups is 1. The van der Waals surface area contributed by atoms with Crippen LogP contribution in [0.25, 0.3) is 44.4 Å². The van der Waals surface area contributed by atoms with Crippen molar-refractivity contribution >= 4 is 62.1 Å². The fourth-order valence-electron chi connectivity index (χ4n) is 5.17. The van der Waals surface area contributed by atoms with Gasteiger partial charge in [0.15, 0.2) is 5.82 Å². The van der Waals surface area contributed by atoms with Crippen LogP contribution in [0.15, 0.2) is 89.9 Å². The third-order valence-corrected chi connectivity index (χ3v) is 7.65. The van der Waals surface area contributed by atoms with E-state index in [2.05, 4.69) is 25.6 Å². The first-order valence-electron chi connectivity index (χ1n) is 14.3. The number of rotatable bonds is 11. The third kappa shape index (κ3) is 6.25. The number of fused-ring (bicyclic) bond motifs is 4. The Morgan fingerprint density at radius 1 is 0.909 bits per heavy atom. The van der Waals surface area contributed by atoms with Crippen LogP contribution in [0.2, 0.25) is 0 Å². The maximum Gasteiger partial charge on any atom is 0.270 e. The average Bonchev–Trinajstić information content (AvgIpc) is 3.66. The molecule has 1 atom stereocenters. The van der Waals surface area contributed by atoms with Crippen LogP contribution in [0.4, 0.5) is 0 Å². The highest BCUT2D eigenvalue weighted by Crippen LogP contribution is 2.32. The Bertz CT molecular complexity index is 1950. The number of nitrogens with one attached hydrogen (secondary N) is 4. The molecule has 0 aliphatic rings. The SMILES string of the molecule is NC(CCl)=NCCC[C@H](NC(=O)c1cc2c([nH]c3ccccc32)c(-c2nc3ccccc3[nH]2)n1)C(=O)NCc1ccccc1. The van der Waals surface area contributed by atoms with Crippen LogP contribution in [0.1, 0.15) is 28.9 Å². The quantitative estimate of drug-likeness (QED) is 0.0604. The van der Waals surface area contributed by atoms with Crippen molar-refractivity contribution in [2.45, 2.75) is 25.4 Å². The van der Waals surface area contributed by atoms with E-state index in [9.17, 15) is 9.59 Å². The number of carbonyl (C=O) groups excluding carboxylic acids is 2. The Morgan fingerprint density at radius 3 is 2.45 bits per heavy atom. The average molecular weight is 607 g/mol. The van der Waals surface area contributed by atoms with Gasteiger partial charge in [0.25, 0.3) is 5.91 Å². The lowest BCUT2D eigenvalue weighted by molar-refractivity contribution is -0.123. The molecule has 3 aromatic heterocycles. The van der Waals surface area contributed by atoms with E-state index >= 15 is 0 Å². The molecule has 0 saturated heterocycles. The summed E-state index contributed by atoms with van der Waals surface area (Å²) in [6.45, 7) is 0.714. The lowest BCUT2D eigenvalue weighted by Crippen LogP contribution is -2.46. The van der Waals surface area contributed by atoms with Crippen molar-refractivity contribution in [3.63, 3.8) is 0 Å². The number of hydrogen-bond donors (Lipinski definition) is 5. The highest BCUT2D eigenvalue weighted by Gasteiger charge is 2.24. The summed E-state index contributed by atoms with van der Waals surface area (Å²) in [4.78, 5) is 47.7. The molecule has 0 bridgehead atoms. The van der Waals surface area contributed by atoms with E-state index < -0.39 is 11.9 Å². The molecular weight excluding hydrogens is 576 g/mol. The summed E-state index contributed by atoms with van der Waals surface area (Å²) < 4.78 is 0. The normalized spacial score (nSPS) is 12.5. The van der Waals surface area contributed by atoms with Gasteiger partial charge in [-0.05, 0) is 42.7 Å². The van der Waals surface area contributed by atoms with E-state index in [1.165, 1.54) is 0 Å². The van der Waals surface area contributed by atoms with Crippen molar-refractivity contribution in [2.75, 3.05) is 12.4 Å². The minimum absolute atomic E-state index is 0.132. The van der Waals surface area contributed by atoms with E-state index in [4.69, 9.17) is 27.3 Å². The number of H-pyrrole nitrogens is 2. The number of nitrogens with zero attached hydrogens (tertiary/aromatic N) is 3. The van der Waals surface area contributed by atoms with Crippen molar-refractivity contribution in [1.82, 2.24) is 30.6 Å². The van der Waals surface area contributed by atoms with E-state index in [0.717, 1.165) is 38.4 Å². The van der Waals surface area contributed by atoms with Gasteiger partial charge in [-0.3, -0.25) is 14.6 Å². The Labute approximate surface area is 258 Å². The minimum atomic E-state index is -0.825. The van der Waals surface area contributed by atoms with Gasteiger partial charge in [-0.2, -0.15) is 0 Å². The molecule has 3 heterocycles. The van der Waals surface area contributed by atoms with Crippen LogP contribution in [-0.2, 0) is 11.3 Å². The zero-order chi connectivity index (χ0) is 30.5. The molecule has 0 radical (unpaired) electrons. The Hall–Kier alpha value is -5.22. The molecule has 0 spiro atoms. The summed E-state index contributed by atoms with van der Waals surface area (Å²) in [6.07, 6.45) is 0.859. The van der Waals surface area contributed by atoms with Gasteiger partial charge in [-0.25, -0.2) is 9.97 Å². The standard InChI is InChI=1S/C33H31ClN8O2/c34-18-28(35)36-16-8-15-26(32(43)37-19-20-9-2-1-3-10-20)42-33(44)27-17-22-21-11-4-5-12-23(21)38-29(22)30(39-27)31-40-24-13-6-7-14-25(24)41-31/h1-7,9-14,17,26,38H,8,15-16,18-19H2,(H2,35,36)(H,37,43)(H,40,41)(H,42,44)/t26-/m0/s1. The van der Waals surface area contributed by atoms with Crippen LogP contribution in [0.5, 0.6) is 0 Å². The number of aromatic amines is 2. The van der Waals surface area contributed by atoms with Gasteiger partial charge in [0.05, 0.1) is 22.4 Å². The minimum Gasteiger partial charge on any atom is -0.386 e. The third-order valence-electron chi connectivity index (χ3n) is 7.38. The second-order valence-electron chi connectivity index (χ2n) is 10.4. The van der Waals surface area contributed by atoms with Gasteiger partial charge in [-0.15, -0.1) is 11.6 Å². The van der Waals surface area contributed by atoms with Crippen LogP contribution in [0.3, 0.4) is 0 Å². The summed E-state index contributed by atoms with van der Waals surface area (Å²) >= 11 is 5.74. The molecule has 11 heteroatoms. The highest BCUT2D eigenvalue weighted by atomic mass is 35.5. The lowest BCUT2D eigenvalue weighted by Gasteiger charge is -2.18. The summed E-state index contributed by atoms with van der Waals surface area (Å²) in [7, 11) is 0. The number of carbonyl (C=O) groups is 2. The topological polar surface area (TPSA) is 154 Å². The van der Waals surface area contributed by atoms with Gasteiger partial charge in [0.2, 0.25) is 5.91 Å². The Kier molecular flexibility index (Phi) is 8.51. The number of amidine groups is 1. The van der Waals surface area contributed by atoms with Crippen LogP contribution in [0, 0.1) is 0 Å². The molecule has 10 nitrogen and oxygen atoms in total. The van der Waals surface area contributed by atoms with Crippen molar-refractivity contribution in [2.24, 2.45) is 10.7 Å². The predicted octanol–water partition coefficient (Wildman–Crippen LogP) is 5.05. The van der Waals surface area contributed by atoms with Crippen molar-refractivity contribution < 1.29 is 9.59 Å². The molecule has 0 aliphatic carbocycles. The number of para-hydroxylation sites is 3. The highest BCUT2D eigenvalue weighted by molar-refractivity contribution is 6.28. The molecule has 0 aliphatic heterocycles. The maximum absolute atomic E-state index is 13.8. The Balaban J connectivity index is 1.32. The predicted molar refractivity (Wildman–Crippen MR) is 175 cm³/mol. The fraction of sp³-hybridized carbons (Fsp3) is 0.182. The van der Waals surface area contributed by atoms with Gasteiger partial charge < -0.3 is 26.3 Å². The van der Waals surface area contributed by atoms with E-state index in [0.29, 0.717) is 43.3 Å². The molecule has 6 rings (SSSR count). The number of alkyl halides is 1. The van der Waals surface area contributed by atoms with Gasteiger partial charge >= 0.3 is 0 Å². The number of imidazole rings is 1. The van der Waals surface area contributed by atoms with E-state index in [-0.39, 0.29) is 17.5 Å². The zero-order valence-corrected chi connectivity index (χ0v) is 24.6. The van der Waals surface area contributed by atoms with Crippen molar-refractivity contribution in [3.05, 3.63) is 96.2 Å². The number of benzene rings is 3. The van der Waals surface area contributed by atoms with Crippen molar-refractivity contribution in [3.8, 4) is 11.5 Å². The van der Waals surface area contributed by atoms with Crippen LogP contribution in [-0.4, -0.2) is 56.1 Å². The molecule has 6 N–H and O–H groups in total. The summed E-state index contributed by atoms with van der Waals surface area (Å²) in [5, 5.41) is 7.64. The first-order valence-corrected chi connectivity index (χ1v) is 14.9. The molecule has 0 fully saturated rings. The molecule has 3 aromatic carbocycles. The molecule has 2 amide bonds. The van der Waals surface area contributed by atoms with Crippen LogP contribution < -0.4 is 16.4 Å².